The van der Waals surface area contributed by atoms with Crippen molar-refractivity contribution in [3.05, 3.63) is 70.8 Å². The number of benzene rings is 2. The summed E-state index contributed by atoms with van der Waals surface area (Å²) in [5.41, 5.74) is 0.869. The van der Waals surface area contributed by atoms with Crippen molar-refractivity contribution in [2.45, 2.75) is 0 Å². The molecule has 3 rings (SSSR count). The van der Waals surface area contributed by atoms with Gasteiger partial charge in [0.2, 0.25) is 0 Å². The molecule has 4 amide bonds. The summed E-state index contributed by atoms with van der Waals surface area (Å²) in [4.78, 5) is 37.5. The van der Waals surface area contributed by atoms with Crippen LogP contribution in [-0.4, -0.2) is 17.8 Å². The van der Waals surface area contributed by atoms with Crippen LogP contribution < -0.4 is 10.2 Å². The number of amides is 4. The topological polar surface area (TPSA) is 66.5 Å². The average molecular weight is 327 g/mol. The molecular weight excluding hydrogens is 316 g/mol. The molecule has 6 heteroatoms. The molecule has 1 heterocycles. The number of imide groups is 2. The van der Waals surface area contributed by atoms with Crippen LogP contribution in [0.5, 0.6) is 0 Å². The Morgan fingerprint density at radius 3 is 2.39 bits per heavy atom. The number of carbonyl (C=O) groups excluding carboxylic acids is 3. The lowest BCUT2D eigenvalue weighted by molar-refractivity contribution is -0.122. The molecule has 5 nitrogen and oxygen atoms in total. The maximum Gasteiger partial charge on any atom is 0.335 e. The monoisotopic (exact) mass is 326 g/mol. The number of carbonyl (C=O) groups is 3. The lowest BCUT2D eigenvalue weighted by atomic mass is 10.1. The molecule has 1 aliphatic rings. The summed E-state index contributed by atoms with van der Waals surface area (Å²) < 4.78 is 0. The largest absolute Gasteiger partial charge is 0.335 e. The number of hydrogen-bond donors (Lipinski definition) is 1. The number of anilines is 1. The first-order valence-electron chi connectivity index (χ1n) is 6.78. The van der Waals surface area contributed by atoms with E-state index in [0.717, 1.165) is 4.90 Å². The summed E-state index contributed by atoms with van der Waals surface area (Å²) in [6.07, 6.45) is 1.45. The van der Waals surface area contributed by atoms with Gasteiger partial charge in [-0.2, -0.15) is 0 Å². The molecule has 0 radical (unpaired) electrons. The predicted molar refractivity (Wildman–Crippen MR) is 86.9 cm³/mol. The van der Waals surface area contributed by atoms with Crippen LogP contribution in [0.15, 0.2) is 60.2 Å². The molecule has 23 heavy (non-hydrogen) atoms. The molecule has 0 spiro atoms. The number of urea groups is 1. The Kier molecular flexibility index (Phi) is 3.95. The van der Waals surface area contributed by atoms with Crippen LogP contribution in [0.3, 0.4) is 0 Å². The zero-order valence-corrected chi connectivity index (χ0v) is 12.6. The van der Waals surface area contributed by atoms with E-state index in [9.17, 15) is 14.4 Å². The highest BCUT2D eigenvalue weighted by atomic mass is 35.5. The van der Waals surface area contributed by atoms with Crippen LogP contribution in [-0.2, 0) is 9.59 Å². The van der Waals surface area contributed by atoms with Gasteiger partial charge in [0.05, 0.1) is 5.69 Å². The van der Waals surface area contributed by atoms with Crippen LogP contribution in [0.1, 0.15) is 5.56 Å². The van der Waals surface area contributed by atoms with Crippen molar-refractivity contribution in [2.75, 3.05) is 4.90 Å². The van der Waals surface area contributed by atoms with Gasteiger partial charge in [-0.1, -0.05) is 48.0 Å². The summed E-state index contributed by atoms with van der Waals surface area (Å²) in [7, 11) is 0. The molecule has 2 aromatic rings. The fourth-order valence-electron chi connectivity index (χ4n) is 2.22. The maximum absolute atomic E-state index is 12.6. The summed E-state index contributed by atoms with van der Waals surface area (Å²) >= 11 is 5.90. The van der Waals surface area contributed by atoms with Gasteiger partial charge in [-0.05, 0) is 29.8 Å². The Balaban J connectivity index is 2.03. The minimum absolute atomic E-state index is 0.115. The molecule has 0 bridgehead atoms. The number of nitrogens with one attached hydrogen (secondary N) is 1. The minimum atomic E-state index is -0.799. The third-order valence-corrected chi connectivity index (χ3v) is 3.51. The molecule has 114 valence electrons. The van der Waals surface area contributed by atoms with Crippen LogP contribution in [0, 0.1) is 0 Å². The molecule has 2 aromatic carbocycles. The zero-order chi connectivity index (χ0) is 16.4. The van der Waals surface area contributed by atoms with Crippen LogP contribution in [0.4, 0.5) is 10.5 Å². The third-order valence-electron chi connectivity index (χ3n) is 3.28. The Labute approximate surface area is 137 Å². The lowest BCUT2D eigenvalue weighted by Crippen LogP contribution is -2.54. The van der Waals surface area contributed by atoms with E-state index >= 15 is 0 Å². The molecule has 0 aliphatic carbocycles. The van der Waals surface area contributed by atoms with Gasteiger partial charge in [0.1, 0.15) is 5.57 Å². The van der Waals surface area contributed by atoms with Gasteiger partial charge in [-0.3, -0.25) is 14.9 Å². The quantitative estimate of drug-likeness (QED) is 0.681. The first kappa shape index (κ1) is 15.0. The van der Waals surface area contributed by atoms with Crippen LogP contribution in [0.2, 0.25) is 5.02 Å². The predicted octanol–water partition coefficient (Wildman–Crippen LogP) is 3.01. The second kappa shape index (κ2) is 6.06. The Morgan fingerprint density at radius 2 is 1.70 bits per heavy atom. The molecule has 1 N–H and O–H groups in total. The van der Waals surface area contributed by atoms with Gasteiger partial charge in [-0.15, -0.1) is 0 Å². The second-order valence-corrected chi connectivity index (χ2v) is 5.28. The number of hydrogen-bond acceptors (Lipinski definition) is 3. The average Bonchev–Trinajstić information content (AvgIpc) is 2.52. The van der Waals surface area contributed by atoms with E-state index in [-0.39, 0.29) is 5.57 Å². The standard InChI is InChI=1S/C17H11ClN2O3/c18-12-7-4-8-13(10-12)20-16(22)14(15(21)19-17(20)23)9-11-5-2-1-3-6-11/h1-10H,(H,19,21,23)/b14-9+. The molecule has 0 aromatic heterocycles. The third kappa shape index (κ3) is 3.00. The molecular formula is C17H11ClN2O3. The summed E-state index contributed by atoms with van der Waals surface area (Å²) in [5.74, 6) is -1.41. The maximum atomic E-state index is 12.6. The van der Waals surface area contributed by atoms with Crippen molar-refractivity contribution in [3.63, 3.8) is 0 Å². The van der Waals surface area contributed by atoms with E-state index in [1.165, 1.54) is 12.1 Å². The molecule has 0 atom stereocenters. The van der Waals surface area contributed by atoms with Crippen LogP contribution in [0.25, 0.3) is 6.08 Å². The zero-order valence-electron chi connectivity index (χ0n) is 11.8. The molecule has 1 fully saturated rings. The molecule has 1 saturated heterocycles. The van der Waals surface area contributed by atoms with Gasteiger partial charge < -0.3 is 0 Å². The number of barbiturate groups is 1. The summed E-state index contributed by atoms with van der Waals surface area (Å²) in [6, 6.07) is 14.4. The summed E-state index contributed by atoms with van der Waals surface area (Å²) in [6.45, 7) is 0. The number of rotatable bonds is 2. The van der Waals surface area contributed by atoms with E-state index in [1.807, 2.05) is 6.07 Å². The van der Waals surface area contributed by atoms with Crippen molar-refractivity contribution in [3.8, 4) is 0 Å². The second-order valence-electron chi connectivity index (χ2n) is 4.85. The fraction of sp³-hybridized carbons (Fsp3) is 0. The minimum Gasteiger partial charge on any atom is -0.273 e. The van der Waals surface area contributed by atoms with E-state index < -0.39 is 17.8 Å². The fourth-order valence-corrected chi connectivity index (χ4v) is 2.41. The van der Waals surface area contributed by atoms with Crippen molar-refractivity contribution < 1.29 is 14.4 Å². The van der Waals surface area contributed by atoms with Gasteiger partial charge in [0.25, 0.3) is 11.8 Å². The first-order valence-corrected chi connectivity index (χ1v) is 7.16. The van der Waals surface area contributed by atoms with E-state index in [2.05, 4.69) is 5.32 Å². The van der Waals surface area contributed by atoms with Crippen molar-refractivity contribution in [1.29, 1.82) is 0 Å². The van der Waals surface area contributed by atoms with Crippen molar-refractivity contribution in [2.24, 2.45) is 0 Å². The van der Waals surface area contributed by atoms with Gasteiger partial charge in [0, 0.05) is 5.02 Å². The normalized spacial score (nSPS) is 16.7. The van der Waals surface area contributed by atoms with E-state index in [0.29, 0.717) is 16.3 Å². The Hall–Kier alpha value is -2.92. The Morgan fingerprint density at radius 1 is 0.957 bits per heavy atom. The van der Waals surface area contributed by atoms with Gasteiger partial charge >= 0.3 is 6.03 Å². The van der Waals surface area contributed by atoms with Crippen molar-refractivity contribution >= 4 is 41.2 Å². The molecule has 0 unspecified atom stereocenters. The molecule has 0 saturated carbocycles. The molecule has 1 aliphatic heterocycles. The number of nitrogens with zero attached hydrogens (tertiary/aromatic N) is 1. The van der Waals surface area contributed by atoms with Crippen LogP contribution >= 0.6 is 11.6 Å². The van der Waals surface area contributed by atoms with Gasteiger partial charge in [-0.25, -0.2) is 9.69 Å². The summed E-state index contributed by atoms with van der Waals surface area (Å²) in [5, 5.41) is 2.55. The highest BCUT2D eigenvalue weighted by molar-refractivity contribution is 6.39. The number of halogens is 1. The SMILES string of the molecule is O=C1NC(=O)N(c2cccc(Cl)c2)C(=O)/C1=C/c1ccccc1. The van der Waals surface area contributed by atoms with E-state index in [1.54, 1.807) is 42.5 Å². The smallest absolute Gasteiger partial charge is 0.273 e. The van der Waals surface area contributed by atoms with E-state index in [4.69, 9.17) is 11.6 Å². The Bertz CT molecular complexity index is 831. The first-order chi connectivity index (χ1) is 11.1. The highest BCUT2D eigenvalue weighted by Crippen LogP contribution is 2.24. The highest BCUT2D eigenvalue weighted by Gasteiger charge is 2.36. The lowest BCUT2D eigenvalue weighted by Gasteiger charge is -2.26. The van der Waals surface area contributed by atoms with Crippen molar-refractivity contribution in [1.82, 2.24) is 5.32 Å². The van der Waals surface area contributed by atoms with Gasteiger partial charge in [0.15, 0.2) is 0 Å².